The van der Waals surface area contributed by atoms with Gasteiger partial charge in [0, 0.05) is 31.4 Å². The molecule has 120 valence electrons. The number of likely N-dealkylation sites (N-methyl/N-ethyl adjacent to an activating group) is 1. The van der Waals surface area contributed by atoms with E-state index in [1.807, 2.05) is 42.2 Å². The molecule has 1 aromatic carbocycles. The van der Waals surface area contributed by atoms with Crippen molar-refractivity contribution in [2.75, 3.05) is 31.1 Å². The number of amides is 1. The molecule has 1 aliphatic heterocycles. The number of carbonyl (C=O) groups is 1. The first kappa shape index (κ1) is 15.5. The molecule has 1 saturated heterocycles. The highest BCUT2D eigenvalue weighted by atomic mass is 16.2. The number of fused-ring (bicyclic) bond motifs is 1. The SMILES string of the molecule is CCN(C(=O)CN1CC2CCCC(N)C2C1)c1ccccc1. The van der Waals surface area contributed by atoms with Gasteiger partial charge in [0.25, 0.3) is 0 Å². The summed E-state index contributed by atoms with van der Waals surface area (Å²) in [7, 11) is 0. The van der Waals surface area contributed by atoms with Crippen molar-refractivity contribution in [3.05, 3.63) is 30.3 Å². The van der Waals surface area contributed by atoms with Gasteiger partial charge in [0.15, 0.2) is 0 Å². The molecule has 0 bridgehead atoms. The average molecular weight is 301 g/mol. The number of nitrogens with zero attached hydrogens (tertiary/aromatic N) is 2. The Kier molecular flexibility index (Phi) is 4.79. The normalized spacial score (nSPS) is 28.4. The summed E-state index contributed by atoms with van der Waals surface area (Å²) in [6.45, 7) is 5.29. The van der Waals surface area contributed by atoms with Crippen molar-refractivity contribution in [3.8, 4) is 0 Å². The summed E-state index contributed by atoms with van der Waals surface area (Å²) in [5.41, 5.74) is 7.26. The quantitative estimate of drug-likeness (QED) is 0.926. The van der Waals surface area contributed by atoms with Crippen LogP contribution in [0.5, 0.6) is 0 Å². The molecule has 22 heavy (non-hydrogen) atoms. The van der Waals surface area contributed by atoms with Crippen LogP contribution < -0.4 is 10.6 Å². The van der Waals surface area contributed by atoms with Gasteiger partial charge < -0.3 is 10.6 Å². The van der Waals surface area contributed by atoms with Crippen LogP contribution >= 0.6 is 0 Å². The van der Waals surface area contributed by atoms with Crippen molar-refractivity contribution < 1.29 is 4.79 Å². The maximum absolute atomic E-state index is 12.7. The van der Waals surface area contributed by atoms with Gasteiger partial charge in [0.2, 0.25) is 5.91 Å². The van der Waals surface area contributed by atoms with Crippen molar-refractivity contribution >= 4 is 11.6 Å². The Balaban J connectivity index is 1.62. The molecule has 3 rings (SSSR count). The number of benzene rings is 1. The molecule has 1 aliphatic carbocycles. The molecule has 2 fully saturated rings. The van der Waals surface area contributed by atoms with Gasteiger partial charge in [-0.2, -0.15) is 0 Å². The zero-order valence-electron chi connectivity index (χ0n) is 13.4. The van der Waals surface area contributed by atoms with Crippen LogP contribution in [0.4, 0.5) is 5.69 Å². The van der Waals surface area contributed by atoms with Gasteiger partial charge in [0.05, 0.1) is 6.54 Å². The molecule has 1 aromatic rings. The van der Waals surface area contributed by atoms with Crippen LogP contribution in [0, 0.1) is 11.8 Å². The van der Waals surface area contributed by atoms with Crippen LogP contribution in [0.15, 0.2) is 30.3 Å². The third-order valence-corrected chi connectivity index (χ3v) is 5.27. The lowest BCUT2D eigenvalue weighted by Gasteiger charge is -2.29. The van der Waals surface area contributed by atoms with Gasteiger partial charge >= 0.3 is 0 Å². The fourth-order valence-corrected chi connectivity index (χ4v) is 4.13. The summed E-state index contributed by atoms with van der Waals surface area (Å²) in [6.07, 6.45) is 3.67. The van der Waals surface area contributed by atoms with Crippen LogP contribution in [-0.2, 0) is 4.79 Å². The number of nitrogens with two attached hydrogens (primary N) is 1. The van der Waals surface area contributed by atoms with Crippen molar-refractivity contribution in [2.45, 2.75) is 32.2 Å². The molecule has 3 unspecified atom stereocenters. The van der Waals surface area contributed by atoms with Gasteiger partial charge in [0.1, 0.15) is 0 Å². The standard InChI is InChI=1S/C18H27N3O/c1-2-21(15-8-4-3-5-9-15)18(22)13-20-11-14-7-6-10-17(19)16(14)12-20/h3-5,8-9,14,16-17H,2,6-7,10-13,19H2,1H3. The fraction of sp³-hybridized carbons (Fsp3) is 0.611. The van der Waals surface area contributed by atoms with Crippen LogP contribution in [-0.4, -0.2) is 43.0 Å². The van der Waals surface area contributed by atoms with E-state index < -0.39 is 0 Å². The lowest BCUT2D eigenvalue weighted by atomic mass is 9.78. The number of rotatable bonds is 4. The van der Waals surface area contributed by atoms with Crippen molar-refractivity contribution in [1.29, 1.82) is 0 Å². The Bertz CT molecular complexity index is 504. The first-order valence-electron chi connectivity index (χ1n) is 8.52. The Labute approximate surface area is 133 Å². The van der Waals surface area contributed by atoms with Crippen LogP contribution in [0.25, 0.3) is 0 Å². The highest BCUT2D eigenvalue weighted by Gasteiger charge is 2.39. The Morgan fingerprint density at radius 1 is 1.27 bits per heavy atom. The highest BCUT2D eigenvalue weighted by molar-refractivity contribution is 5.94. The van der Waals surface area contributed by atoms with Gasteiger partial charge in [-0.3, -0.25) is 9.69 Å². The molecule has 0 aromatic heterocycles. The van der Waals surface area contributed by atoms with E-state index in [1.165, 1.54) is 12.8 Å². The van der Waals surface area contributed by atoms with Gasteiger partial charge in [-0.25, -0.2) is 0 Å². The topological polar surface area (TPSA) is 49.6 Å². The van der Waals surface area contributed by atoms with E-state index in [9.17, 15) is 4.79 Å². The maximum atomic E-state index is 12.7. The molecular weight excluding hydrogens is 274 g/mol. The Hall–Kier alpha value is -1.39. The molecule has 1 amide bonds. The molecule has 2 aliphatic rings. The minimum Gasteiger partial charge on any atom is -0.327 e. The molecule has 3 atom stereocenters. The summed E-state index contributed by atoms with van der Waals surface area (Å²) in [5.74, 6) is 1.48. The molecule has 4 nitrogen and oxygen atoms in total. The van der Waals surface area contributed by atoms with Gasteiger partial charge in [-0.15, -0.1) is 0 Å². The number of likely N-dealkylation sites (tertiary alicyclic amines) is 1. The molecule has 1 heterocycles. The maximum Gasteiger partial charge on any atom is 0.241 e. The van der Waals surface area contributed by atoms with E-state index in [0.29, 0.717) is 31.0 Å². The monoisotopic (exact) mass is 301 g/mol. The van der Waals surface area contributed by atoms with Crippen LogP contribution in [0.2, 0.25) is 0 Å². The average Bonchev–Trinajstić information content (AvgIpc) is 2.93. The predicted octanol–water partition coefficient (Wildman–Crippen LogP) is 2.10. The van der Waals surface area contributed by atoms with Gasteiger partial charge in [-0.05, 0) is 43.7 Å². The van der Waals surface area contributed by atoms with Crippen molar-refractivity contribution in [1.82, 2.24) is 4.90 Å². The van der Waals surface area contributed by atoms with Gasteiger partial charge in [-0.1, -0.05) is 24.6 Å². The fourth-order valence-electron chi connectivity index (χ4n) is 4.13. The number of hydrogen-bond acceptors (Lipinski definition) is 3. The summed E-state index contributed by atoms with van der Waals surface area (Å²) >= 11 is 0. The number of carbonyl (C=O) groups excluding carboxylic acids is 1. The summed E-state index contributed by atoms with van der Waals surface area (Å²) < 4.78 is 0. The van der Waals surface area contributed by atoms with E-state index in [4.69, 9.17) is 5.73 Å². The first-order chi connectivity index (χ1) is 10.7. The second kappa shape index (κ2) is 6.80. The molecule has 4 heteroatoms. The summed E-state index contributed by atoms with van der Waals surface area (Å²) in [5, 5.41) is 0. The Morgan fingerprint density at radius 3 is 2.73 bits per heavy atom. The lowest BCUT2D eigenvalue weighted by Crippen LogP contribution is -2.41. The predicted molar refractivity (Wildman–Crippen MR) is 89.7 cm³/mol. The lowest BCUT2D eigenvalue weighted by molar-refractivity contribution is -0.119. The van der Waals surface area contributed by atoms with E-state index in [-0.39, 0.29) is 5.91 Å². The zero-order chi connectivity index (χ0) is 15.5. The third-order valence-electron chi connectivity index (χ3n) is 5.27. The third kappa shape index (κ3) is 3.18. The van der Waals surface area contributed by atoms with E-state index >= 15 is 0 Å². The highest BCUT2D eigenvalue weighted by Crippen LogP contribution is 2.35. The molecule has 0 radical (unpaired) electrons. The van der Waals surface area contributed by atoms with Crippen LogP contribution in [0.1, 0.15) is 26.2 Å². The minimum absolute atomic E-state index is 0.195. The second-order valence-electron chi connectivity index (χ2n) is 6.69. The first-order valence-corrected chi connectivity index (χ1v) is 8.52. The van der Waals surface area contributed by atoms with E-state index in [1.54, 1.807) is 0 Å². The minimum atomic E-state index is 0.195. The molecule has 0 spiro atoms. The smallest absolute Gasteiger partial charge is 0.241 e. The molecule has 1 saturated carbocycles. The molecule has 2 N–H and O–H groups in total. The number of hydrogen-bond donors (Lipinski definition) is 1. The van der Waals surface area contributed by atoms with E-state index in [2.05, 4.69) is 4.90 Å². The zero-order valence-corrected chi connectivity index (χ0v) is 13.4. The van der Waals surface area contributed by atoms with Crippen LogP contribution in [0.3, 0.4) is 0 Å². The summed E-state index contributed by atoms with van der Waals surface area (Å²) in [6, 6.07) is 10.3. The van der Waals surface area contributed by atoms with E-state index in [0.717, 1.165) is 25.2 Å². The van der Waals surface area contributed by atoms with Crippen molar-refractivity contribution in [2.24, 2.45) is 17.6 Å². The van der Waals surface area contributed by atoms with Crippen molar-refractivity contribution in [3.63, 3.8) is 0 Å². The molecular formula is C18H27N3O. The second-order valence-corrected chi connectivity index (χ2v) is 6.69. The number of para-hydroxylation sites is 1. The Morgan fingerprint density at radius 2 is 2.05 bits per heavy atom. The number of anilines is 1. The largest absolute Gasteiger partial charge is 0.327 e. The summed E-state index contributed by atoms with van der Waals surface area (Å²) in [4.78, 5) is 16.9.